The predicted octanol–water partition coefficient (Wildman–Crippen LogP) is 8.97. The minimum Gasteiger partial charge on any atom is -0.465 e. The maximum Gasteiger partial charge on any atom is 0.341 e. The van der Waals surface area contributed by atoms with E-state index in [-0.39, 0.29) is 22.0 Å². The van der Waals surface area contributed by atoms with Crippen LogP contribution in [0.4, 0.5) is 10.0 Å². The summed E-state index contributed by atoms with van der Waals surface area (Å²) < 4.78 is 10.3. The molecule has 0 saturated carbocycles. The number of methoxy groups -OCH3 is 2. The monoisotopic (exact) mass is 692 g/mol. The quantitative estimate of drug-likeness (QED) is 0.205. The average molecular weight is 693 g/mol. The lowest BCUT2D eigenvalue weighted by atomic mass is 9.69. The molecule has 2 unspecified atom stereocenters. The molecule has 8 nitrogen and oxygen atoms in total. The van der Waals surface area contributed by atoms with Gasteiger partial charge in [-0.05, 0) is 84.5 Å². The minimum atomic E-state index is -0.502. The van der Waals surface area contributed by atoms with Gasteiger partial charge >= 0.3 is 11.9 Å². The minimum absolute atomic E-state index is 0.159. The highest BCUT2D eigenvalue weighted by Gasteiger charge is 2.37. The van der Waals surface area contributed by atoms with Crippen molar-refractivity contribution in [1.82, 2.24) is 0 Å². The number of carbonyl (C=O) groups excluding carboxylic acids is 4. The largest absolute Gasteiger partial charge is 0.465 e. The first kappa shape index (κ1) is 35.8. The van der Waals surface area contributed by atoms with E-state index in [9.17, 15) is 19.2 Å². The molecular formula is C38H48N2O6S2. The number of hydrogen-bond acceptors (Lipinski definition) is 8. The van der Waals surface area contributed by atoms with Crippen molar-refractivity contribution >= 4 is 56.4 Å². The Balaban J connectivity index is 1.43. The number of rotatable bonds is 10. The van der Waals surface area contributed by atoms with Gasteiger partial charge in [0.05, 0.1) is 36.5 Å². The fourth-order valence-electron chi connectivity index (χ4n) is 7.12. The summed E-state index contributed by atoms with van der Waals surface area (Å²) in [7, 11) is 2.69. The number of benzene rings is 1. The van der Waals surface area contributed by atoms with Crippen LogP contribution >= 0.6 is 22.7 Å². The molecular weight excluding hydrogens is 645 g/mol. The summed E-state index contributed by atoms with van der Waals surface area (Å²) in [4.78, 5) is 56.0. The van der Waals surface area contributed by atoms with Crippen molar-refractivity contribution in [2.75, 3.05) is 24.9 Å². The number of ether oxygens (including phenoxy) is 2. The molecule has 48 heavy (non-hydrogen) atoms. The molecule has 2 amide bonds. The van der Waals surface area contributed by atoms with Gasteiger partial charge in [0, 0.05) is 9.75 Å². The third-order valence-electron chi connectivity index (χ3n) is 11.2. The van der Waals surface area contributed by atoms with E-state index in [4.69, 9.17) is 9.47 Å². The standard InChI is InChI=1S/C38H48N2O6S2/c1-9-37(3,4)21-15-17-25-27(19-21)47-33(29(25)35(43)45-7)39-31(41)23-13-11-12-14-24(23)32(42)40-34-30(36(44)46-8)26-18-16-22(20-28(26)48-34)38(5,6)10-2/h11-14,21-22H,9-10,15-20H2,1-8H3,(H,39,41)(H,40,42). The van der Waals surface area contributed by atoms with Crippen LogP contribution in [-0.4, -0.2) is 38.0 Å². The van der Waals surface area contributed by atoms with Crippen LogP contribution in [0.2, 0.25) is 0 Å². The summed E-state index contributed by atoms with van der Waals surface area (Å²) in [6.45, 7) is 13.5. The van der Waals surface area contributed by atoms with Gasteiger partial charge in [0.25, 0.3) is 11.8 Å². The Morgan fingerprint density at radius 1 is 0.708 bits per heavy atom. The number of fused-ring (bicyclic) bond motifs is 2. The average Bonchev–Trinajstić information content (AvgIpc) is 3.63. The van der Waals surface area contributed by atoms with E-state index < -0.39 is 23.8 Å². The molecule has 0 saturated heterocycles. The third kappa shape index (κ3) is 6.83. The Morgan fingerprint density at radius 2 is 1.08 bits per heavy atom. The van der Waals surface area contributed by atoms with Crippen LogP contribution in [0.25, 0.3) is 0 Å². The summed E-state index contributed by atoms with van der Waals surface area (Å²) >= 11 is 2.84. The zero-order valence-corrected chi connectivity index (χ0v) is 31.0. The molecule has 2 aliphatic rings. The van der Waals surface area contributed by atoms with Crippen molar-refractivity contribution in [2.24, 2.45) is 22.7 Å². The molecule has 258 valence electrons. The van der Waals surface area contributed by atoms with Gasteiger partial charge in [0.1, 0.15) is 10.0 Å². The van der Waals surface area contributed by atoms with Crippen LogP contribution in [0.1, 0.15) is 130 Å². The molecule has 0 radical (unpaired) electrons. The number of anilines is 2. The number of hydrogen-bond donors (Lipinski definition) is 2. The van der Waals surface area contributed by atoms with E-state index in [2.05, 4.69) is 52.2 Å². The van der Waals surface area contributed by atoms with E-state index in [1.807, 2.05) is 0 Å². The Kier molecular flexibility index (Phi) is 10.6. The molecule has 2 heterocycles. The molecule has 3 aromatic rings. The highest BCUT2D eigenvalue weighted by Crippen LogP contribution is 2.47. The zero-order chi connectivity index (χ0) is 35.0. The van der Waals surface area contributed by atoms with Crippen LogP contribution in [0.15, 0.2) is 24.3 Å². The van der Waals surface area contributed by atoms with Crippen molar-refractivity contribution < 1.29 is 28.7 Å². The smallest absolute Gasteiger partial charge is 0.341 e. The van der Waals surface area contributed by atoms with Gasteiger partial charge in [-0.15, -0.1) is 22.7 Å². The van der Waals surface area contributed by atoms with Gasteiger partial charge in [-0.25, -0.2) is 9.59 Å². The molecule has 2 atom stereocenters. The lowest BCUT2D eigenvalue weighted by Gasteiger charge is -2.36. The summed E-state index contributed by atoms with van der Waals surface area (Å²) in [5, 5.41) is 6.78. The zero-order valence-electron chi connectivity index (χ0n) is 29.4. The van der Waals surface area contributed by atoms with Gasteiger partial charge in [-0.3, -0.25) is 9.59 Å². The van der Waals surface area contributed by atoms with E-state index in [0.29, 0.717) is 33.0 Å². The third-order valence-corrected chi connectivity index (χ3v) is 13.6. The molecule has 1 aromatic carbocycles. The first-order valence-electron chi connectivity index (χ1n) is 16.9. The fraction of sp³-hybridized carbons (Fsp3) is 0.526. The summed E-state index contributed by atoms with van der Waals surface area (Å²) in [6.07, 6.45) is 7.18. The van der Waals surface area contributed by atoms with Gasteiger partial charge in [-0.2, -0.15) is 0 Å². The molecule has 5 rings (SSSR count). The van der Waals surface area contributed by atoms with E-state index in [1.54, 1.807) is 24.3 Å². The highest BCUT2D eigenvalue weighted by molar-refractivity contribution is 7.17. The van der Waals surface area contributed by atoms with Crippen LogP contribution < -0.4 is 10.6 Å². The molecule has 10 heteroatoms. The van der Waals surface area contributed by atoms with Crippen LogP contribution in [-0.2, 0) is 35.2 Å². The number of esters is 2. The van der Waals surface area contributed by atoms with Gasteiger partial charge in [0.15, 0.2) is 0 Å². The normalized spacial score (nSPS) is 17.6. The Bertz CT molecular complexity index is 1610. The van der Waals surface area contributed by atoms with E-state index in [0.717, 1.165) is 72.2 Å². The van der Waals surface area contributed by atoms with Crippen molar-refractivity contribution in [2.45, 2.75) is 92.9 Å². The maximum absolute atomic E-state index is 13.9. The predicted molar refractivity (Wildman–Crippen MR) is 193 cm³/mol. The van der Waals surface area contributed by atoms with Crippen LogP contribution in [0, 0.1) is 22.7 Å². The SMILES string of the molecule is CCC(C)(C)C1CCc2c(sc(NC(=O)c3ccccc3C(=O)Nc3sc4c(c3C(=O)OC)CCC(C(C)(C)CC)C4)c2C(=O)OC)C1. The number of thiophene rings is 2. The molecule has 0 aliphatic heterocycles. The topological polar surface area (TPSA) is 111 Å². The van der Waals surface area contributed by atoms with Gasteiger partial charge in [-0.1, -0.05) is 66.5 Å². The summed E-state index contributed by atoms with van der Waals surface area (Å²) in [5.41, 5.74) is 3.32. The Labute approximate surface area is 292 Å². The van der Waals surface area contributed by atoms with E-state index in [1.165, 1.54) is 36.9 Å². The molecule has 2 N–H and O–H groups in total. The molecule has 2 aliphatic carbocycles. The lowest BCUT2D eigenvalue weighted by Crippen LogP contribution is -2.28. The molecule has 2 aromatic heterocycles. The Morgan fingerprint density at radius 3 is 1.42 bits per heavy atom. The van der Waals surface area contributed by atoms with Crippen molar-refractivity contribution in [1.29, 1.82) is 0 Å². The molecule has 0 fully saturated rings. The molecule has 0 bridgehead atoms. The van der Waals surface area contributed by atoms with Crippen molar-refractivity contribution in [3.8, 4) is 0 Å². The van der Waals surface area contributed by atoms with Crippen molar-refractivity contribution in [3.63, 3.8) is 0 Å². The number of carbonyl (C=O) groups is 4. The second-order valence-corrected chi connectivity index (χ2v) is 16.6. The summed E-state index contributed by atoms with van der Waals surface area (Å²) in [5.74, 6) is -1.04. The lowest BCUT2D eigenvalue weighted by molar-refractivity contribution is 0.0591. The second kappa shape index (κ2) is 14.2. The number of nitrogens with one attached hydrogen (secondary N) is 2. The highest BCUT2D eigenvalue weighted by atomic mass is 32.1. The fourth-order valence-corrected chi connectivity index (χ4v) is 9.74. The maximum atomic E-state index is 13.9. The number of amides is 2. The summed E-state index contributed by atoms with van der Waals surface area (Å²) in [6, 6.07) is 6.58. The molecule has 0 spiro atoms. The Hall–Kier alpha value is -3.50. The van der Waals surface area contributed by atoms with Crippen LogP contribution in [0.5, 0.6) is 0 Å². The van der Waals surface area contributed by atoms with Gasteiger partial charge in [0.2, 0.25) is 0 Å². The van der Waals surface area contributed by atoms with E-state index >= 15 is 0 Å². The first-order chi connectivity index (χ1) is 22.8. The first-order valence-corrected chi connectivity index (χ1v) is 18.6. The van der Waals surface area contributed by atoms with Crippen LogP contribution in [0.3, 0.4) is 0 Å². The second-order valence-electron chi connectivity index (χ2n) is 14.4. The van der Waals surface area contributed by atoms with Crippen molar-refractivity contribution in [3.05, 3.63) is 67.4 Å². The van der Waals surface area contributed by atoms with Gasteiger partial charge < -0.3 is 20.1 Å².